The molecule has 2 unspecified atom stereocenters. The number of hydrogen-bond donors (Lipinski definition) is 1. The van der Waals surface area contributed by atoms with Gasteiger partial charge in [-0.05, 0) is 32.6 Å². The summed E-state index contributed by atoms with van der Waals surface area (Å²) < 4.78 is 42.7. The van der Waals surface area contributed by atoms with Gasteiger partial charge in [-0.1, -0.05) is 12.8 Å². The highest BCUT2D eigenvalue weighted by molar-refractivity contribution is 4.94. The van der Waals surface area contributed by atoms with Crippen molar-refractivity contribution in [2.45, 2.75) is 75.7 Å². The Balaban J connectivity index is 1.82. The molecule has 1 heterocycles. The molecule has 5 heteroatoms. The van der Waals surface area contributed by atoms with Crippen LogP contribution in [0, 0.1) is 0 Å². The molecule has 1 aliphatic heterocycles. The molecule has 2 fully saturated rings. The van der Waals surface area contributed by atoms with Crippen molar-refractivity contribution in [3.8, 4) is 0 Å². The van der Waals surface area contributed by atoms with Gasteiger partial charge in [-0.25, -0.2) is 0 Å². The number of alkyl halides is 3. The molecule has 1 spiro atoms. The van der Waals surface area contributed by atoms with Crippen LogP contribution in [0.4, 0.5) is 13.2 Å². The van der Waals surface area contributed by atoms with E-state index in [9.17, 15) is 13.2 Å². The summed E-state index contributed by atoms with van der Waals surface area (Å²) in [6.07, 6.45) is 1.37. The molecule has 2 rings (SSSR count). The summed E-state index contributed by atoms with van der Waals surface area (Å²) in [5.74, 6) is 0. The SMILES string of the molecule is CC(CC(F)(F)F)NC1CCOC2(CCCC2)C1. The van der Waals surface area contributed by atoms with Crippen LogP contribution in [-0.2, 0) is 4.74 Å². The highest BCUT2D eigenvalue weighted by Gasteiger charge is 2.40. The van der Waals surface area contributed by atoms with Crippen molar-refractivity contribution in [2.24, 2.45) is 0 Å². The minimum Gasteiger partial charge on any atom is -0.375 e. The van der Waals surface area contributed by atoms with E-state index >= 15 is 0 Å². The normalized spacial score (nSPS) is 29.7. The number of halogens is 3. The molecular formula is C13H22F3NO. The van der Waals surface area contributed by atoms with E-state index in [2.05, 4.69) is 5.32 Å². The van der Waals surface area contributed by atoms with Gasteiger partial charge in [0, 0.05) is 18.7 Å². The number of hydrogen-bond acceptors (Lipinski definition) is 2. The number of ether oxygens (including phenoxy) is 1. The zero-order valence-electron chi connectivity index (χ0n) is 10.9. The third kappa shape index (κ3) is 3.85. The minimum absolute atomic E-state index is 0.0339. The zero-order chi connectivity index (χ0) is 13.2. The molecule has 1 aliphatic carbocycles. The fourth-order valence-corrected chi connectivity index (χ4v) is 3.35. The van der Waals surface area contributed by atoms with E-state index in [0.717, 1.165) is 25.7 Å². The number of rotatable bonds is 3. The van der Waals surface area contributed by atoms with Gasteiger partial charge in [-0.2, -0.15) is 13.2 Å². The maximum absolute atomic E-state index is 12.3. The van der Waals surface area contributed by atoms with E-state index in [0.29, 0.717) is 6.61 Å². The Morgan fingerprint density at radius 2 is 2.00 bits per heavy atom. The lowest BCUT2D eigenvalue weighted by Gasteiger charge is -2.39. The second kappa shape index (κ2) is 5.37. The molecule has 0 aromatic heterocycles. The van der Waals surface area contributed by atoms with Crippen LogP contribution in [0.1, 0.15) is 51.9 Å². The monoisotopic (exact) mass is 265 g/mol. The fourth-order valence-electron chi connectivity index (χ4n) is 3.35. The molecule has 2 atom stereocenters. The van der Waals surface area contributed by atoms with Crippen molar-refractivity contribution >= 4 is 0 Å². The first-order valence-corrected chi connectivity index (χ1v) is 6.85. The lowest BCUT2D eigenvalue weighted by atomic mass is 9.88. The molecule has 2 nitrogen and oxygen atoms in total. The summed E-state index contributed by atoms with van der Waals surface area (Å²) in [6.45, 7) is 2.29. The van der Waals surface area contributed by atoms with Crippen molar-refractivity contribution in [1.29, 1.82) is 0 Å². The minimum atomic E-state index is -4.08. The van der Waals surface area contributed by atoms with Gasteiger partial charge in [0.15, 0.2) is 0 Å². The van der Waals surface area contributed by atoms with Crippen LogP contribution in [0.5, 0.6) is 0 Å². The van der Waals surface area contributed by atoms with E-state index in [1.165, 1.54) is 12.8 Å². The molecule has 0 bridgehead atoms. The maximum atomic E-state index is 12.3. The third-order valence-corrected chi connectivity index (χ3v) is 4.07. The fraction of sp³-hybridized carbons (Fsp3) is 1.00. The average Bonchev–Trinajstić information content (AvgIpc) is 2.63. The summed E-state index contributed by atoms with van der Waals surface area (Å²) in [7, 11) is 0. The summed E-state index contributed by atoms with van der Waals surface area (Å²) >= 11 is 0. The first-order chi connectivity index (χ1) is 8.39. The maximum Gasteiger partial charge on any atom is 0.390 e. The third-order valence-electron chi connectivity index (χ3n) is 4.07. The quantitative estimate of drug-likeness (QED) is 0.844. The lowest BCUT2D eigenvalue weighted by Crippen LogP contribution is -2.48. The molecule has 1 saturated carbocycles. The Hall–Kier alpha value is -0.290. The van der Waals surface area contributed by atoms with Crippen LogP contribution < -0.4 is 5.32 Å². The lowest BCUT2D eigenvalue weighted by molar-refractivity contribution is -0.140. The summed E-state index contributed by atoms with van der Waals surface area (Å²) in [5, 5.41) is 3.13. The van der Waals surface area contributed by atoms with Gasteiger partial charge in [0.1, 0.15) is 0 Å². The molecular weight excluding hydrogens is 243 g/mol. The Morgan fingerprint density at radius 1 is 1.33 bits per heavy atom. The Bertz CT molecular complexity index is 274. The van der Waals surface area contributed by atoms with Gasteiger partial charge in [0.2, 0.25) is 0 Å². The molecule has 0 aromatic rings. The van der Waals surface area contributed by atoms with Crippen molar-refractivity contribution in [1.82, 2.24) is 5.32 Å². The van der Waals surface area contributed by atoms with Crippen molar-refractivity contribution in [3.63, 3.8) is 0 Å². The zero-order valence-corrected chi connectivity index (χ0v) is 10.9. The Morgan fingerprint density at radius 3 is 2.61 bits per heavy atom. The molecule has 1 saturated heterocycles. The molecule has 0 amide bonds. The summed E-state index contributed by atoms with van der Waals surface area (Å²) in [5.41, 5.74) is -0.0339. The molecule has 2 aliphatic rings. The van der Waals surface area contributed by atoms with E-state index in [4.69, 9.17) is 4.74 Å². The standard InChI is InChI=1S/C13H22F3NO/c1-10(8-13(14,15)16)17-11-4-7-18-12(9-11)5-2-3-6-12/h10-11,17H,2-9H2,1H3. The molecule has 0 radical (unpaired) electrons. The highest BCUT2D eigenvalue weighted by Crippen LogP contribution is 2.40. The second-order valence-corrected chi connectivity index (χ2v) is 5.82. The highest BCUT2D eigenvalue weighted by atomic mass is 19.4. The second-order valence-electron chi connectivity index (χ2n) is 5.82. The van der Waals surface area contributed by atoms with Crippen LogP contribution in [0.15, 0.2) is 0 Å². The van der Waals surface area contributed by atoms with Gasteiger partial charge in [0.05, 0.1) is 12.0 Å². The van der Waals surface area contributed by atoms with E-state index in [-0.39, 0.29) is 11.6 Å². The van der Waals surface area contributed by atoms with E-state index in [1.807, 2.05) is 0 Å². The van der Waals surface area contributed by atoms with Gasteiger partial charge in [-0.15, -0.1) is 0 Å². The molecule has 1 N–H and O–H groups in total. The molecule has 106 valence electrons. The van der Waals surface area contributed by atoms with Gasteiger partial charge in [0.25, 0.3) is 0 Å². The molecule has 18 heavy (non-hydrogen) atoms. The largest absolute Gasteiger partial charge is 0.390 e. The van der Waals surface area contributed by atoms with Crippen molar-refractivity contribution in [3.05, 3.63) is 0 Å². The Labute approximate surface area is 106 Å². The van der Waals surface area contributed by atoms with Crippen molar-refractivity contribution < 1.29 is 17.9 Å². The summed E-state index contributed by atoms with van der Waals surface area (Å²) in [4.78, 5) is 0. The first-order valence-electron chi connectivity index (χ1n) is 6.85. The van der Waals surface area contributed by atoms with Gasteiger partial charge in [-0.3, -0.25) is 0 Å². The first kappa shape index (κ1) is 14.1. The van der Waals surface area contributed by atoms with Crippen LogP contribution >= 0.6 is 0 Å². The Kier molecular flexibility index (Phi) is 4.22. The van der Waals surface area contributed by atoms with Crippen LogP contribution in [-0.4, -0.2) is 30.5 Å². The van der Waals surface area contributed by atoms with Crippen LogP contribution in [0.25, 0.3) is 0 Å². The smallest absolute Gasteiger partial charge is 0.375 e. The average molecular weight is 265 g/mol. The van der Waals surface area contributed by atoms with Gasteiger partial charge < -0.3 is 10.1 Å². The van der Waals surface area contributed by atoms with Crippen LogP contribution in [0.3, 0.4) is 0 Å². The van der Waals surface area contributed by atoms with E-state index in [1.54, 1.807) is 6.92 Å². The van der Waals surface area contributed by atoms with E-state index < -0.39 is 18.6 Å². The number of nitrogens with one attached hydrogen (secondary N) is 1. The topological polar surface area (TPSA) is 21.3 Å². The van der Waals surface area contributed by atoms with Crippen molar-refractivity contribution in [2.75, 3.05) is 6.61 Å². The summed E-state index contributed by atoms with van der Waals surface area (Å²) in [6, 6.07) is -0.333. The predicted octanol–water partition coefficient (Wildman–Crippen LogP) is 3.41. The molecule has 0 aromatic carbocycles. The predicted molar refractivity (Wildman–Crippen MR) is 63.4 cm³/mol. The van der Waals surface area contributed by atoms with Crippen LogP contribution in [0.2, 0.25) is 0 Å². The van der Waals surface area contributed by atoms with Gasteiger partial charge >= 0.3 is 6.18 Å².